The van der Waals surface area contributed by atoms with Crippen LogP contribution in [0.5, 0.6) is 0 Å². The molecule has 0 aromatic carbocycles. The van der Waals surface area contributed by atoms with Crippen molar-refractivity contribution >= 4 is 0 Å². The fourth-order valence-corrected chi connectivity index (χ4v) is 2.05. The third-order valence-electron chi connectivity index (χ3n) is 2.77. The van der Waals surface area contributed by atoms with Gasteiger partial charge in [-0.2, -0.15) is 0 Å². The lowest BCUT2D eigenvalue weighted by atomic mass is 9.72. The molecule has 1 heterocycles. The number of nitrogens with zero attached hydrogens (tertiary/aromatic N) is 1. The third-order valence-corrected chi connectivity index (χ3v) is 2.77. The molecule has 1 aliphatic rings. The van der Waals surface area contributed by atoms with Crippen LogP contribution in [0.15, 0.2) is 0 Å². The van der Waals surface area contributed by atoms with Gasteiger partial charge in [0, 0.05) is 19.0 Å². The van der Waals surface area contributed by atoms with Gasteiger partial charge in [0.05, 0.1) is 5.41 Å². The Morgan fingerprint density at radius 2 is 1.75 bits per heavy atom. The Kier molecular flexibility index (Phi) is 2.19. The molecule has 0 bridgehead atoms. The monoisotopic (exact) mass is 177 g/mol. The molecule has 0 saturated carbocycles. The van der Waals surface area contributed by atoms with Crippen molar-refractivity contribution in [2.45, 2.75) is 26.7 Å². The number of halogens is 2. The maximum Gasteiger partial charge on any atom is 0.258 e. The second kappa shape index (κ2) is 2.66. The van der Waals surface area contributed by atoms with Gasteiger partial charge in [-0.05, 0) is 7.05 Å². The molecule has 0 aromatic rings. The predicted octanol–water partition coefficient (Wildman–Crippen LogP) is 2.23. The minimum Gasteiger partial charge on any atom is -0.305 e. The molecular formula is C9H17F2N. The summed E-state index contributed by atoms with van der Waals surface area (Å²) in [6, 6.07) is 0. The molecule has 0 atom stereocenters. The van der Waals surface area contributed by atoms with Crippen molar-refractivity contribution in [1.82, 2.24) is 4.90 Å². The van der Waals surface area contributed by atoms with Gasteiger partial charge >= 0.3 is 0 Å². The maximum absolute atomic E-state index is 13.5. The summed E-state index contributed by atoms with van der Waals surface area (Å²) in [6.45, 7) is 5.87. The molecule has 0 aliphatic carbocycles. The average molecular weight is 177 g/mol. The van der Waals surface area contributed by atoms with Gasteiger partial charge in [0.25, 0.3) is 5.92 Å². The second-order valence-electron chi connectivity index (χ2n) is 4.51. The van der Waals surface area contributed by atoms with Gasteiger partial charge in [-0.15, -0.1) is 0 Å². The zero-order valence-electron chi connectivity index (χ0n) is 8.19. The highest BCUT2D eigenvalue weighted by molar-refractivity contribution is 5.01. The van der Waals surface area contributed by atoms with Crippen LogP contribution in [-0.4, -0.2) is 31.0 Å². The van der Waals surface area contributed by atoms with Gasteiger partial charge in [-0.1, -0.05) is 20.8 Å². The first-order chi connectivity index (χ1) is 5.29. The van der Waals surface area contributed by atoms with Crippen LogP contribution >= 0.6 is 0 Å². The van der Waals surface area contributed by atoms with Crippen LogP contribution in [0.3, 0.4) is 0 Å². The second-order valence-corrected chi connectivity index (χ2v) is 4.51. The fourth-order valence-electron chi connectivity index (χ4n) is 2.05. The van der Waals surface area contributed by atoms with Crippen molar-refractivity contribution in [3.05, 3.63) is 0 Å². The van der Waals surface area contributed by atoms with Crippen LogP contribution in [0.2, 0.25) is 0 Å². The Bertz CT molecular complexity index is 171. The Morgan fingerprint density at radius 3 is 2.00 bits per heavy atom. The molecule has 1 aliphatic heterocycles. The first-order valence-electron chi connectivity index (χ1n) is 4.36. The van der Waals surface area contributed by atoms with Crippen LogP contribution in [0.25, 0.3) is 0 Å². The lowest BCUT2D eigenvalue weighted by molar-refractivity contribution is -0.200. The number of hydrogen-bond donors (Lipinski definition) is 0. The molecule has 0 amide bonds. The van der Waals surface area contributed by atoms with Gasteiger partial charge in [0.15, 0.2) is 0 Å². The van der Waals surface area contributed by atoms with Crippen LogP contribution in [0.1, 0.15) is 20.8 Å². The van der Waals surface area contributed by atoms with E-state index in [0.29, 0.717) is 13.1 Å². The van der Waals surface area contributed by atoms with E-state index in [1.807, 2.05) is 11.9 Å². The normalized spacial score (nSPS) is 24.2. The van der Waals surface area contributed by atoms with Gasteiger partial charge in [-0.3, -0.25) is 0 Å². The molecule has 72 valence electrons. The first kappa shape index (κ1) is 9.90. The van der Waals surface area contributed by atoms with E-state index in [0.717, 1.165) is 0 Å². The highest BCUT2D eigenvalue weighted by atomic mass is 19.3. The summed E-state index contributed by atoms with van der Waals surface area (Å²) in [5.41, 5.74) is -0.796. The largest absolute Gasteiger partial charge is 0.305 e. The van der Waals surface area contributed by atoms with E-state index in [-0.39, 0.29) is 0 Å². The van der Waals surface area contributed by atoms with Crippen LogP contribution in [-0.2, 0) is 0 Å². The summed E-state index contributed by atoms with van der Waals surface area (Å²) in [6.07, 6.45) is 0. The summed E-state index contributed by atoms with van der Waals surface area (Å²) in [5.74, 6) is -3.09. The highest BCUT2D eigenvalue weighted by Gasteiger charge is 2.57. The summed E-state index contributed by atoms with van der Waals surface area (Å²) in [5, 5.41) is 0. The molecule has 0 N–H and O–H groups in total. The number of likely N-dealkylation sites (tertiary alicyclic amines) is 1. The molecule has 1 saturated heterocycles. The van der Waals surface area contributed by atoms with E-state index < -0.39 is 17.3 Å². The van der Waals surface area contributed by atoms with E-state index in [1.165, 1.54) is 0 Å². The maximum atomic E-state index is 13.5. The minimum absolute atomic E-state index is 0.512. The van der Waals surface area contributed by atoms with Crippen molar-refractivity contribution in [2.24, 2.45) is 11.3 Å². The van der Waals surface area contributed by atoms with E-state index >= 15 is 0 Å². The van der Waals surface area contributed by atoms with E-state index in [4.69, 9.17) is 0 Å². The molecule has 0 radical (unpaired) electrons. The number of hydrogen-bond acceptors (Lipinski definition) is 1. The minimum atomic E-state index is -2.53. The summed E-state index contributed by atoms with van der Waals surface area (Å²) in [4.78, 5) is 1.93. The molecule has 0 aromatic heterocycles. The van der Waals surface area contributed by atoms with Gasteiger partial charge in [-0.25, -0.2) is 8.78 Å². The standard InChI is InChI=1S/C9H17F2N/c1-7(2)9(10,11)8(3)5-12(4)6-8/h7H,5-6H2,1-4H3. The molecule has 12 heavy (non-hydrogen) atoms. The Morgan fingerprint density at radius 1 is 1.33 bits per heavy atom. The summed E-state index contributed by atoms with van der Waals surface area (Å²) >= 11 is 0. The fraction of sp³-hybridized carbons (Fsp3) is 1.00. The van der Waals surface area contributed by atoms with Crippen LogP contribution < -0.4 is 0 Å². The third kappa shape index (κ3) is 1.24. The molecular weight excluding hydrogens is 160 g/mol. The Hall–Kier alpha value is -0.180. The molecule has 1 nitrogen and oxygen atoms in total. The molecule has 1 rings (SSSR count). The van der Waals surface area contributed by atoms with E-state index in [9.17, 15) is 8.78 Å². The first-order valence-corrected chi connectivity index (χ1v) is 4.36. The highest BCUT2D eigenvalue weighted by Crippen LogP contribution is 2.47. The quantitative estimate of drug-likeness (QED) is 0.625. The van der Waals surface area contributed by atoms with Crippen LogP contribution in [0.4, 0.5) is 8.78 Å². The van der Waals surface area contributed by atoms with Crippen molar-refractivity contribution in [1.29, 1.82) is 0 Å². The Balaban J connectivity index is 2.69. The van der Waals surface area contributed by atoms with Crippen LogP contribution in [0, 0.1) is 11.3 Å². The average Bonchev–Trinajstić information content (AvgIpc) is 1.83. The number of rotatable bonds is 2. The number of alkyl halides is 2. The van der Waals surface area contributed by atoms with E-state index in [2.05, 4.69) is 0 Å². The predicted molar refractivity (Wildman–Crippen MR) is 45.4 cm³/mol. The van der Waals surface area contributed by atoms with Gasteiger partial charge in [0.2, 0.25) is 0 Å². The molecule has 0 spiro atoms. The van der Waals surface area contributed by atoms with Crippen molar-refractivity contribution in [3.63, 3.8) is 0 Å². The summed E-state index contributed by atoms with van der Waals surface area (Å²) < 4.78 is 27.0. The smallest absolute Gasteiger partial charge is 0.258 e. The molecule has 3 heteroatoms. The lowest BCUT2D eigenvalue weighted by Gasteiger charge is -2.51. The van der Waals surface area contributed by atoms with E-state index in [1.54, 1.807) is 20.8 Å². The van der Waals surface area contributed by atoms with Crippen molar-refractivity contribution < 1.29 is 8.78 Å². The van der Waals surface area contributed by atoms with Gasteiger partial charge in [0.1, 0.15) is 0 Å². The summed E-state index contributed by atoms with van der Waals surface area (Å²) in [7, 11) is 1.87. The zero-order valence-corrected chi connectivity index (χ0v) is 8.19. The lowest BCUT2D eigenvalue weighted by Crippen LogP contribution is -2.63. The van der Waals surface area contributed by atoms with Gasteiger partial charge < -0.3 is 4.90 Å². The Labute approximate surface area is 72.7 Å². The SMILES string of the molecule is CC(C)C(F)(F)C1(C)CN(C)C1. The molecule has 1 fully saturated rings. The van der Waals surface area contributed by atoms with Crippen molar-refractivity contribution in [2.75, 3.05) is 20.1 Å². The topological polar surface area (TPSA) is 3.24 Å². The molecule has 0 unspecified atom stereocenters. The van der Waals surface area contributed by atoms with Crippen molar-refractivity contribution in [3.8, 4) is 0 Å². The zero-order chi connectivity index (χ0) is 9.57.